The maximum absolute atomic E-state index is 12.0. The summed E-state index contributed by atoms with van der Waals surface area (Å²) in [6.07, 6.45) is 0. The third-order valence-corrected chi connectivity index (χ3v) is 3.42. The van der Waals surface area contributed by atoms with E-state index in [9.17, 15) is 4.79 Å². The Morgan fingerprint density at radius 2 is 2.09 bits per heavy atom. The number of methoxy groups -OCH3 is 1. The molecule has 0 saturated heterocycles. The minimum atomic E-state index is -0.130. The molecule has 0 N–H and O–H groups in total. The van der Waals surface area contributed by atoms with Crippen LogP contribution in [0.2, 0.25) is 5.02 Å². The molecular weight excluding hydrogens is 306 g/mol. The number of rotatable bonds is 6. The summed E-state index contributed by atoms with van der Waals surface area (Å²) in [5.74, 6) is 0.562. The molecule has 0 saturated carbocycles. The van der Waals surface area contributed by atoms with Crippen molar-refractivity contribution in [1.29, 1.82) is 0 Å². The summed E-state index contributed by atoms with van der Waals surface area (Å²) in [6.45, 7) is 4.08. The van der Waals surface area contributed by atoms with E-state index in [4.69, 9.17) is 20.8 Å². The van der Waals surface area contributed by atoms with Gasteiger partial charge in [-0.1, -0.05) is 23.7 Å². The molecule has 0 radical (unpaired) electrons. The number of halogens is 1. The molecular formula is C15H18ClN3O3. The molecule has 22 heavy (non-hydrogen) atoms. The number of ether oxygens (including phenoxy) is 1. The summed E-state index contributed by atoms with van der Waals surface area (Å²) in [4.78, 5) is 13.6. The third-order valence-electron chi connectivity index (χ3n) is 3.09. The molecule has 2 aromatic rings. The molecule has 7 heteroatoms. The zero-order valence-corrected chi connectivity index (χ0v) is 13.5. The van der Waals surface area contributed by atoms with Gasteiger partial charge in [0.15, 0.2) is 0 Å². The second-order valence-corrected chi connectivity index (χ2v) is 5.44. The summed E-state index contributed by atoms with van der Waals surface area (Å²) in [5.41, 5.74) is 0.669. The van der Waals surface area contributed by atoms with Gasteiger partial charge in [-0.05, 0) is 26.0 Å². The zero-order chi connectivity index (χ0) is 16.1. The van der Waals surface area contributed by atoms with Crippen molar-refractivity contribution in [2.45, 2.75) is 26.4 Å². The average Bonchev–Trinajstić information content (AvgIpc) is 2.93. The highest BCUT2D eigenvalue weighted by atomic mass is 35.5. The van der Waals surface area contributed by atoms with Gasteiger partial charge in [0.2, 0.25) is 17.7 Å². The fourth-order valence-electron chi connectivity index (χ4n) is 1.97. The molecule has 6 nitrogen and oxygen atoms in total. The van der Waals surface area contributed by atoms with Gasteiger partial charge in [0.05, 0.1) is 17.1 Å². The van der Waals surface area contributed by atoms with Crippen LogP contribution in [0.4, 0.5) is 0 Å². The Morgan fingerprint density at radius 1 is 1.36 bits per heavy atom. The minimum absolute atomic E-state index is 0.00156. The maximum atomic E-state index is 12.0. The number of nitrogens with zero attached hydrogens (tertiary/aromatic N) is 3. The normalized spacial score (nSPS) is 11.0. The molecule has 0 unspecified atom stereocenters. The van der Waals surface area contributed by atoms with Crippen molar-refractivity contribution >= 4 is 17.5 Å². The number of benzene rings is 1. The van der Waals surface area contributed by atoms with Crippen LogP contribution in [0.25, 0.3) is 11.5 Å². The molecule has 0 fully saturated rings. The quantitative estimate of drug-likeness (QED) is 0.817. The van der Waals surface area contributed by atoms with Crippen LogP contribution >= 0.6 is 11.6 Å². The van der Waals surface area contributed by atoms with Crippen molar-refractivity contribution in [2.75, 3.05) is 13.7 Å². The van der Waals surface area contributed by atoms with Gasteiger partial charge in [0, 0.05) is 13.2 Å². The van der Waals surface area contributed by atoms with Crippen molar-refractivity contribution in [3.8, 4) is 11.5 Å². The lowest BCUT2D eigenvalue weighted by Crippen LogP contribution is -2.38. The summed E-state index contributed by atoms with van der Waals surface area (Å²) in [5, 5.41) is 8.52. The van der Waals surface area contributed by atoms with Gasteiger partial charge in [-0.2, -0.15) is 0 Å². The van der Waals surface area contributed by atoms with Gasteiger partial charge in [0.25, 0.3) is 0 Å². The Kier molecular flexibility index (Phi) is 5.51. The molecule has 118 valence electrons. The van der Waals surface area contributed by atoms with Crippen LogP contribution in [0, 0.1) is 0 Å². The summed E-state index contributed by atoms with van der Waals surface area (Å²) < 4.78 is 10.5. The molecule has 0 aliphatic carbocycles. The second-order valence-electron chi connectivity index (χ2n) is 5.03. The number of hydrogen-bond donors (Lipinski definition) is 0. The number of aromatic nitrogens is 2. The SMILES string of the molecule is COCC(=O)N(Cc1nnc(-c2ccccc2Cl)o1)C(C)C. The first-order chi connectivity index (χ1) is 10.5. The Hall–Kier alpha value is -1.92. The molecule has 1 aromatic heterocycles. The molecule has 0 bridgehead atoms. The molecule has 0 spiro atoms. The third kappa shape index (κ3) is 3.84. The first-order valence-corrected chi connectivity index (χ1v) is 7.26. The summed E-state index contributed by atoms with van der Waals surface area (Å²) in [7, 11) is 1.48. The Labute approximate surface area is 134 Å². The molecule has 2 rings (SSSR count). The summed E-state index contributed by atoms with van der Waals surface area (Å²) >= 11 is 6.11. The van der Waals surface area contributed by atoms with Crippen LogP contribution in [-0.2, 0) is 16.1 Å². The van der Waals surface area contributed by atoms with Crippen molar-refractivity contribution in [2.24, 2.45) is 0 Å². The highest BCUT2D eigenvalue weighted by Crippen LogP contribution is 2.26. The first-order valence-electron chi connectivity index (χ1n) is 6.88. The summed E-state index contributed by atoms with van der Waals surface area (Å²) in [6, 6.07) is 7.22. The van der Waals surface area contributed by atoms with Crippen molar-refractivity contribution in [3.05, 3.63) is 35.2 Å². The predicted molar refractivity (Wildman–Crippen MR) is 82.3 cm³/mol. The first kappa shape index (κ1) is 16.5. The monoisotopic (exact) mass is 323 g/mol. The van der Waals surface area contributed by atoms with E-state index in [0.29, 0.717) is 22.4 Å². The number of carbonyl (C=O) groups is 1. The van der Waals surface area contributed by atoms with E-state index >= 15 is 0 Å². The van der Waals surface area contributed by atoms with E-state index < -0.39 is 0 Å². The van der Waals surface area contributed by atoms with Crippen LogP contribution < -0.4 is 0 Å². The van der Waals surface area contributed by atoms with Crippen molar-refractivity contribution < 1.29 is 13.9 Å². The van der Waals surface area contributed by atoms with E-state index in [-0.39, 0.29) is 25.1 Å². The Bertz CT molecular complexity index is 642. The number of hydrogen-bond acceptors (Lipinski definition) is 5. The maximum Gasteiger partial charge on any atom is 0.249 e. The van der Waals surface area contributed by atoms with Crippen LogP contribution in [0.3, 0.4) is 0 Å². The van der Waals surface area contributed by atoms with Gasteiger partial charge in [-0.15, -0.1) is 10.2 Å². The zero-order valence-electron chi connectivity index (χ0n) is 12.7. The second kappa shape index (κ2) is 7.38. The van der Waals surface area contributed by atoms with Gasteiger partial charge >= 0.3 is 0 Å². The van der Waals surface area contributed by atoms with Crippen LogP contribution in [-0.4, -0.2) is 40.8 Å². The lowest BCUT2D eigenvalue weighted by atomic mass is 10.2. The fraction of sp³-hybridized carbons (Fsp3) is 0.400. The van der Waals surface area contributed by atoms with Gasteiger partial charge in [-0.3, -0.25) is 4.79 Å². The van der Waals surface area contributed by atoms with Crippen molar-refractivity contribution in [3.63, 3.8) is 0 Å². The van der Waals surface area contributed by atoms with Crippen LogP contribution in [0.15, 0.2) is 28.7 Å². The lowest BCUT2D eigenvalue weighted by Gasteiger charge is -2.24. The lowest BCUT2D eigenvalue weighted by molar-refractivity contribution is -0.137. The molecule has 1 amide bonds. The predicted octanol–water partition coefficient (Wildman–Crippen LogP) is 2.77. The topological polar surface area (TPSA) is 68.5 Å². The van der Waals surface area contributed by atoms with Crippen molar-refractivity contribution in [1.82, 2.24) is 15.1 Å². The van der Waals surface area contributed by atoms with E-state index in [1.54, 1.807) is 17.0 Å². The van der Waals surface area contributed by atoms with Gasteiger partial charge in [0.1, 0.15) is 6.61 Å². The Morgan fingerprint density at radius 3 is 2.73 bits per heavy atom. The largest absolute Gasteiger partial charge is 0.419 e. The van der Waals surface area contributed by atoms with E-state index in [1.807, 2.05) is 26.0 Å². The van der Waals surface area contributed by atoms with Gasteiger partial charge in [-0.25, -0.2) is 0 Å². The van der Waals surface area contributed by atoms with Crippen LogP contribution in [0.5, 0.6) is 0 Å². The van der Waals surface area contributed by atoms with Crippen LogP contribution in [0.1, 0.15) is 19.7 Å². The fourth-order valence-corrected chi connectivity index (χ4v) is 2.19. The van der Waals surface area contributed by atoms with E-state index in [1.165, 1.54) is 7.11 Å². The highest BCUT2D eigenvalue weighted by molar-refractivity contribution is 6.33. The highest BCUT2D eigenvalue weighted by Gasteiger charge is 2.20. The molecule has 0 atom stereocenters. The standard InChI is InChI=1S/C15H18ClN3O3/c1-10(2)19(14(20)9-21-3)8-13-17-18-15(22-13)11-6-4-5-7-12(11)16/h4-7,10H,8-9H2,1-3H3. The van der Waals surface area contributed by atoms with E-state index in [0.717, 1.165) is 0 Å². The molecule has 0 aliphatic heterocycles. The number of amides is 1. The average molecular weight is 324 g/mol. The molecule has 0 aliphatic rings. The molecule has 1 heterocycles. The van der Waals surface area contributed by atoms with E-state index in [2.05, 4.69) is 10.2 Å². The number of carbonyl (C=O) groups excluding carboxylic acids is 1. The smallest absolute Gasteiger partial charge is 0.249 e. The minimum Gasteiger partial charge on any atom is -0.419 e. The molecule has 1 aromatic carbocycles. The van der Waals surface area contributed by atoms with Gasteiger partial charge < -0.3 is 14.1 Å². The Balaban J connectivity index is 2.17.